The van der Waals surface area contributed by atoms with Crippen LogP contribution in [0, 0.1) is 0 Å². The molecule has 3 aromatic rings. The van der Waals surface area contributed by atoms with Crippen molar-refractivity contribution in [1.82, 2.24) is 9.88 Å². The average Bonchev–Trinajstić information content (AvgIpc) is 3.08. The molecule has 2 aromatic carbocycles. The molecule has 1 aliphatic rings. The summed E-state index contributed by atoms with van der Waals surface area (Å²) >= 11 is 0. The largest absolute Gasteiger partial charge is 0.441 e. The predicted molar refractivity (Wildman–Crippen MR) is 84.9 cm³/mol. The minimum atomic E-state index is -0.181. The van der Waals surface area contributed by atoms with Crippen LogP contribution in [0.15, 0.2) is 59.3 Å². The van der Waals surface area contributed by atoms with Crippen LogP contribution >= 0.6 is 0 Å². The number of carbonyl (C=O) groups excluding carboxylic acids is 1. The van der Waals surface area contributed by atoms with Crippen molar-refractivity contribution < 1.29 is 13.9 Å². The zero-order valence-electron chi connectivity index (χ0n) is 12.5. The molecule has 5 heteroatoms. The Morgan fingerprint density at radius 3 is 2.87 bits per heavy atom. The first-order valence-corrected chi connectivity index (χ1v) is 7.58. The fourth-order valence-corrected chi connectivity index (χ4v) is 2.80. The Labute approximate surface area is 133 Å². The van der Waals surface area contributed by atoms with Gasteiger partial charge in [0, 0.05) is 13.1 Å². The number of rotatable bonds is 4. The lowest BCUT2D eigenvalue weighted by molar-refractivity contribution is -0.0511. The lowest BCUT2D eigenvalue weighted by Crippen LogP contribution is -2.54. The molecule has 5 nitrogen and oxygen atoms in total. The van der Waals surface area contributed by atoms with Crippen LogP contribution in [0.1, 0.15) is 16.2 Å². The van der Waals surface area contributed by atoms with E-state index in [1.54, 1.807) is 4.90 Å². The van der Waals surface area contributed by atoms with Gasteiger partial charge in [-0.15, -0.1) is 0 Å². The number of hydrogen-bond acceptors (Lipinski definition) is 4. The maximum Gasteiger partial charge on any atom is 0.309 e. The molecule has 0 aliphatic carbocycles. The molecule has 0 atom stereocenters. The normalized spacial score (nSPS) is 14.9. The van der Waals surface area contributed by atoms with Crippen molar-refractivity contribution in [3.8, 4) is 0 Å². The van der Waals surface area contributed by atoms with Gasteiger partial charge in [-0.1, -0.05) is 42.5 Å². The SMILES string of the molecule is O=C(c1ncco1)N1CC(OCc2cccc3ccccc23)C1. The highest BCUT2D eigenvalue weighted by atomic mass is 16.5. The molecular formula is C18H16N2O3. The molecule has 0 N–H and O–H groups in total. The molecule has 0 spiro atoms. The quantitative estimate of drug-likeness (QED) is 0.743. The lowest BCUT2D eigenvalue weighted by atomic mass is 10.1. The molecular weight excluding hydrogens is 292 g/mol. The summed E-state index contributed by atoms with van der Waals surface area (Å²) in [5.74, 6) is -0.0440. The maximum atomic E-state index is 12.0. The number of aromatic nitrogens is 1. The van der Waals surface area contributed by atoms with E-state index < -0.39 is 0 Å². The minimum Gasteiger partial charge on any atom is -0.441 e. The van der Waals surface area contributed by atoms with Gasteiger partial charge < -0.3 is 14.1 Å². The fraction of sp³-hybridized carbons (Fsp3) is 0.222. The van der Waals surface area contributed by atoms with Crippen LogP contribution in [-0.4, -0.2) is 35.0 Å². The lowest BCUT2D eigenvalue weighted by Gasteiger charge is -2.38. The van der Waals surface area contributed by atoms with Crippen molar-refractivity contribution >= 4 is 16.7 Å². The van der Waals surface area contributed by atoms with Gasteiger partial charge in [-0.2, -0.15) is 0 Å². The number of nitrogens with zero attached hydrogens (tertiary/aromatic N) is 2. The standard InChI is InChI=1S/C18H16N2O3/c21-18(17-19-8-9-22-17)20-10-15(11-20)23-12-14-6-3-5-13-4-1-2-7-16(13)14/h1-9,15H,10-12H2. The second-order valence-corrected chi connectivity index (χ2v) is 5.62. The van der Waals surface area contributed by atoms with Crippen molar-refractivity contribution in [2.75, 3.05) is 13.1 Å². The molecule has 0 saturated carbocycles. The van der Waals surface area contributed by atoms with Crippen LogP contribution in [0.25, 0.3) is 10.8 Å². The van der Waals surface area contributed by atoms with Gasteiger partial charge in [0.1, 0.15) is 6.26 Å². The highest BCUT2D eigenvalue weighted by Crippen LogP contribution is 2.21. The third-order valence-corrected chi connectivity index (χ3v) is 4.11. The van der Waals surface area contributed by atoms with E-state index in [0.717, 1.165) is 0 Å². The average molecular weight is 308 g/mol. The molecule has 23 heavy (non-hydrogen) atoms. The zero-order chi connectivity index (χ0) is 15.6. The Hall–Kier alpha value is -2.66. The number of carbonyl (C=O) groups is 1. The predicted octanol–water partition coefficient (Wildman–Crippen LogP) is 2.87. The van der Waals surface area contributed by atoms with Gasteiger partial charge >= 0.3 is 5.91 Å². The summed E-state index contributed by atoms with van der Waals surface area (Å²) in [5, 5.41) is 2.42. The van der Waals surface area contributed by atoms with Gasteiger partial charge in [0.15, 0.2) is 0 Å². The van der Waals surface area contributed by atoms with E-state index in [1.165, 1.54) is 28.8 Å². The molecule has 1 fully saturated rings. The molecule has 2 heterocycles. The number of benzene rings is 2. The van der Waals surface area contributed by atoms with Gasteiger partial charge in [-0.3, -0.25) is 4.79 Å². The van der Waals surface area contributed by atoms with E-state index >= 15 is 0 Å². The van der Waals surface area contributed by atoms with Gasteiger partial charge in [-0.05, 0) is 16.3 Å². The summed E-state index contributed by atoms with van der Waals surface area (Å²) < 4.78 is 10.9. The summed E-state index contributed by atoms with van der Waals surface area (Å²) in [4.78, 5) is 17.6. The highest BCUT2D eigenvalue weighted by Gasteiger charge is 2.33. The van der Waals surface area contributed by atoms with Crippen molar-refractivity contribution in [2.24, 2.45) is 0 Å². The van der Waals surface area contributed by atoms with Crippen molar-refractivity contribution in [3.63, 3.8) is 0 Å². The first-order chi connectivity index (χ1) is 11.3. The first kappa shape index (κ1) is 14.0. The van der Waals surface area contributed by atoms with Crippen molar-refractivity contribution in [2.45, 2.75) is 12.7 Å². The Bertz CT molecular complexity index is 818. The Morgan fingerprint density at radius 2 is 2.04 bits per heavy atom. The fourth-order valence-electron chi connectivity index (χ4n) is 2.80. The summed E-state index contributed by atoms with van der Waals surface area (Å²) in [6, 6.07) is 14.5. The molecule has 1 aliphatic heterocycles. The van der Waals surface area contributed by atoms with Gasteiger partial charge in [0.2, 0.25) is 0 Å². The smallest absolute Gasteiger partial charge is 0.309 e. The van der Waals surface area contributed by atoms with Gasteiger partial charge in [0.05, 0.1) is 18.9 Å². The second-order valence-electron chi connectivity index (χ2n) is 5.62. The summed E-state index contributed by atoms with van der Waals surface area (Å²) in [7, 11) is 0. The monoisotopic (exact) mass is 308 g/mol. The zero-order valence-corrected chi connectivity index (χ0v) is 12.5. The molecule has 116 valence electrons. The van der Waals surface area contributed by atoms with Crippen LogP contribution in [0.3, 0.4) is 0 Å². The van der Waals surface area contributed by atoms with Crippen LogP contribution < -0.4 is 0 Å². The molecule has 4 rings (SSSR count). The van der Waals surface area contributed by atoms with Crippen molar-refractivity contribution in [3.05, 3.63) is 66.4 Å². The third kappa shape index (κ3) is 2.71. The molecule has 1 aromatic heterocycles. The molecule has 0 unspecified atom stereocenters. The topological polar surface area (TPSA) is 55.6 Å². The van der Waals surface area contributed by atoms with Crippen LogP contribution in [0.5, 0.6) is 0 Å². The van der Waals surface area contributed by atoms with E-state index in [2.05, 4.69) is 29.2 Å². The van der Waals surface area contributed by atoms with Gasteiger partial charge in [0.25, 0.3) is 5.89 Å². The number of oxazole rings is 1. The summed E-state index contributed by atoms with van der Waals surface area (Å²) in [5.41, 5.74) is 1.17. The molecule has 1 saturated heterocycles. The number of hydrogen-bond donors (Lipinski definition) is 0. The Balaban J connectivity index is 1.35. The van der Waals surface area contributed by atoms with E-state index in [1.807, 2.05) is 18.2 Å². The highest BCUT2D eigenvalue weighted by molar-refractivity contribution is 5.90. The Kier molecular flexibility index (Phi) is 3.55. The third-order valence-electron chi connectivity index (χ3n) is 4.11. The summed E-state index contributed by atoms with van der Waals surface area (Å²) in [6.07, 6.45) is 2.94. The molecule has 0 bridgehead atoms. The number of fused-ring (bicyclic) bond motifs is 1. The molecule has 1 amide bonds. The summed E-state index contributed by atoms with van der Waals surface area (Å²) in [6.45, 7) is 1.70. The number of ether oxygens (including phenoxy) is 1. The van der Waals surface area contributed by atoms with Crippen LogP contribution in [0.4, 0.5) is 0 Å². The van der Waals surface area contributed by atoms with Crippen molar-refractivity contribution in [1.29, 1.82) is 0 Å². The van der Waals surface area contributed by atoms with Crippen LogP contribution in [0.2, 0.25) is 0 Å². The van der Waals surface area contributed by atoms with Crippen LogP contribution in [-0.2, 0) is 11.3 Å². The number of likely N-dealkylation sites (tertiary alicyclic amines) is 1. The van der Waals surface area contributed by atoms with E-state index in [0.29, 0.717) is 19.7 Å². The van der Waals surface area contributed by atoms with E-state index in [9.17, 15) is 4.79 Å². The number of amides is 1. The second kappa shape index (κ2) is 5.85. The minimum absolute atomic E-state index is 0.0629. The first-order valence-electron chi connectivity index (χ1n) is 7.58. The van der Waals surface area contributed by atoms with E-state index in [-0.39, 0.29) is 17.9 Å². The Morgan fingerprint density at radius 1 is 1.22 bits per heavy atom. The molecule has 0 radical (unpaired) electrons. The maximum absolute atomic E-state index is 12.0. The van der Waals surface area contributed by atoms with Gasteiger partial charge in [-0.25, -0.2) is 4.98 Å². The van der Waals surface area contributed by atoms with E-state index in [4.69, 9.17) is 9.15 Å².